The van der Waals surface area contributed by atoms with Crippen molar-refractivity contribution in [3.8, 4) is 0 Å². The molecule has 1 nitrogen and oxygen atoms in total. The summed E-state index contributed by atoms with van der Waals surface area (Å²) in [5, 5.41) is 10.8. The van der Waals surface area contributed by atoms with Gasteiger partial charge in [-0.05, 0) is 86.5 Å². The van der Waals surface area contributed by atoms with Gasteiger partial charge in [0.1, 0.15) is 0 Å². The summed E-state index contributed by atoms with van der Waals surface area (Å²) in [7, 11) is 0. The normalized spacial score (nSPS) is 24.9. The number of benzene rings is 1. The van der Waals surface area contributed by atoms with Crippen LogP contribution in [0.25, 0.3) is 0 Å². The van der Waals surface area contributed by atoms with Crippen LogP contribution in [0.2, 0.25) is 0 Å². The van der Waals surface area contributed by atoms with Crippen molar-refractivity contribution in [2.24, 2.45) is 17.8 Å². The molecule has 1 unspecified atom stereocenters. The van der Waals surface area contributed by atoms with Crippen molar-refractivity contribution in [1.29, 1.82) is 0 Å². The van der Waals surface area contributed by atoms with Gasteiger partial charge in [-0.25, -0.2) is 0 Å². The highest BCUT2D eigenvalue weighted by Gasteiger charge is 2.29. The van der Waals surface area contributed by atoms with Gasteiger partial charge in [0, 0.05) is 0 Å². The Labute approximate surface area is 124 Å². The van der Waals surface area contributed by atoms with Crippen molar-refractivity contribution >= 4 is 0 Å². The van der Waals surface area contributed by atoms with Gasteiger partial charge in [0.25, 0.3) is 0 Å². The van der Waals surface area contributed by atoms with Crippen LogP contribution in [0, 0.1) is 38.5 Å². The Hall–Kier alpha value is -0.820. The average molecular weight is 274 g/mol. The van der Waals surface area contributed by atoms with Crippen LogP contribution in [-0.4, -0.2) is 5.11 Å². The molecule has 0 bridgehead atoms. The molecule has 1 heteroatoms. The first-order valence-electron chi connectivity index (χ1n) is 8.16. The summed E-state index contributed by atoms with van der Waals surface area (Å²) in [4.78, 5) is 0. The van der Waals surface area contributed by atoms with Crippen LogP contribution in [0.3, 0.4) is 0 Å². The van der Waals surface area contributed by atoms with E-state index in [-0.39, 0.29) is 6.10 Å². The highest BCUT2D eigenvalue weighted by Crippen LogP contribution is 2.40. The molecule has 1 aromatic rings. The topological polar surface area (TPSA) is 20.2 Å². The predicted octanol–water partition coefficient (Wildman–Crippen LogP) is 5.11. The summed E-state index contributed by atoms with van der Waals surface area (Å²) in [6, 6.07) is 4.41. The second kappa shape index (κ2) is 6.30. The third-order valence-corrected chi connectivity index (χ3v) is 5.41. The molecule has 0 spiro atoms. The van der Waals surface area contributed by atoms with Gasteiger partial charge in [0.05, 0.1) is 6.10 Å². The number of hydrogen-bond donors (Lipinski definition) is 1. The van der Waals surface area contributed by atoms with E-state index in [2.05, 4.69) is 46.8 Å². The zero-order valence-corrected chi connectivity index (χ0v) is 13.7. The number of aryl methyl sites for hydroxylation is 3. The minimum atomic E-state index is -0.276. The molecule has 0 saturated heterocycles. The SMILES string of the molecule is Cc1cc(C)c(C(O)C2CCC(C(C)C)CC2)cc1C. The first kappa shape index (κ1) is 15.6. The van der Waals surface area contributed by atoms with E-state index in [0.29, 0.717) is 5.92 Å². The van der Waals surface area contributed by atoms with Gasteiger partial charge in [0.15, 0.2) is 0 Å². The quantitative estimate of drug-likeness (QED) is 0.812. The predicted molar refractivity (Wildman–Crippen MR) is 85.9 cm³/mol. The van der Waals surface area contributed by atoms with E-state index in [1.54, 1.807) is 0 Å². The molecule has 0 heterocycles. The molecule has 20 heavy (non-hydrogen) atoms. The summed E-state index contributed by atoms with van der Waals surface area (Å²) in [6.45, 7) is 11.1. The molecule has 0 aliphatic heterocycles. The number of aliphatic hydroxyl groups is 1. The smallest absolute Gasteiger partial charge is 0.0820 e. The van der Waals surface area contributed by atoms with E-state index in [9.17, 15) is 5.11 Å². The molecule has 1 aliphatic carbocycles. The fraction of sp³-hybridized carbons (Fsp3) is 0.684. The lowest BCUT2D eigenvalue weighted by Gasteiger charge is -2.34. The third kappa shape index (κ3) is 3.25. The molecule has 0 radical (unpaired) electrons. The van der Waals surface area contributed by atoms with Crippen molar-refractivity contribution in [2.75, 3.05) is 0 Å². The van der Waals surface area contributed by atoms with Crippen molar-refractivity contribution in [2.45, 2.75) is 66.4 Å². The van der Waals surface area contributed by atoms with Gasteiger partial charge < -0.3 is 5.11 Å². The van der Waals surface area contributed by atoms with Crippen molar-refractivity contribution < 1.29 is 5.11 Å². The second-order valence-electron chi connectivity index (χ2n) is 7.16. The molecule has 0 aromatic heterocycles. The first-order chi connectivity index (χ1) is 9.40. The fourth-order valence-corrected chi connectivity index (χ4v) is 3.68. The van der Waals surface area contributed by atoms with Crippen LogP contribution in [-0.2, 0) is 0 Å². The van der Waals surface area contributed by atoms with Crippen molar-refractivity contribution in [1.82, 2.24) is 0 Å². The highest BCUT2D eigenvalue weighted by atomic mass is 16.3. The number of hydrogen-bond acceptors (Lipinski definition) is 1. The van der Waals surface area contributed by atoms with Crippen molar-refractivity contribution in [3.63, 3.8) is 0 Å². The monoisotopic (exact) mass is 274 g/mol. The lowest BCUT2D eigenvalue weighted by molar-refractivity contribution is 0.0663. The van der Waals surface area contributed by atoms with E-state index >= 15 is 0 Å². The highest BCUT2D eigenvalue weighted by molar-refractivity contribution is 5.37. The molecule has 1 N–H and O–H groups in total. The maximum Gasteiger partial charge on any atom is 0.0820 e. The Morgan fingerprint density at radius 1 is 0.850 bits per heavy atom. The Balaban J connectivity index is 2.09. The number of aliphatic hydroxyl groups excluding tert-OH is 1. The molecule has 1 atom stereocenters. The van der Waals surface area contributed by atoms with E-state index in [4.69, 9.17) is 0 Å². The van der Waals surface area contributed by atoms with E-state index < -0.39 is 0 Å². The van der Waals surface area contributed by atoms with Gasteiger partial charge in [-0.1, -0.05) is 26.0 Å². The lowest BCUT2D eigenvalue weighted by Crippen LogP contribution is -2.23. The Morgan fingerprint density at radius 3 is 1.90 bits per heavy atom. The van der Waals surface area contributed by atoms with E-state index in [0.717, 1.165) is 17.4 Å². The largest absolute Gasteiger partial charge is 0.388 e. The van der Waals surface area contributed by atoms with Gasteiger partial charge in [0.2, 0.25) is 0 Å². The Kier molecular flexibility index (Phi) is 4.90. The van der Waals surface area contributed by atoms with E-state index in [1.165, 1.54) is 42.4 Å². The van der Waals surface area contributed by atoms with Gasteiger partial charge >= 0.3 is 0 Å². The summed E-state index contributed by atoms with van der Waals surface area (Å²) in [5.74, 6) is 2.10. The molecular formula is C19H30O. The third-order valence-electron chi connectivity index (χ3n) is 5.41. The molecule has 2 rings (SSSR count). The minimum absolute atomic E-state index is 0.276. The lowest BCUT2D eigenvalue weighted by atomic mass is 9.73. The van der Waals surface area contributed by atoms with Gasteiger partial charge in [-0.2, -0.15) is 0 Å². The summed E-state index contributed by atoms with van der Waals surface area (Å²) < 4.78 is 0. The molecule has 112 valence electrons. The van der Waals surface area contributed by atoms with Crippen LogP contribution < -0.4 is 0 Å². The van der Waals surface area contributed by atoms with Gasteiger partial charge in [-0.15, -0.1) is 0 Å². The van der Waals surface area contributed by atoms with Crippen molar-refractivity contribution in [3.05, 3.63) is 34.4 Å². The van der Waals surface area contributed by atoms with Gasteiger partial charge in [-0.3, -0.25) is 0 Å². The summed E-state index contributed by atoms with van der Waals surface area (Å²) >= 11 is 0. The fourth-order valence-electron chi connectivity index (χ4n) is 3.68. The Morgan fingerprint density at radius 2 is 1.35 bits per heavy atom. The zero-order valence-electron chi connectivity index (χ0n) is 13.7. The van der Waals surface area contributed by atoms with Crippen LogP contribution in [0.4, 0.5) is 0 Å². The number of rotatable bonds is 3. The molecule has 1 aliphatic rings. The second-order valence-corrected chi connectivity index (χ2v) is 7.16. The molecule has 1 saturated carbocycles. The minimum Gasteiger partial charge on any atom is -0.388 e. The maximum atomic E-state index is 10.8. The maximum absolute atomic E-state index is 10.8. The van der Waals surface area contributed by atoms with Crippen LogP contribution in [0.1, 0.15) is 67.9 Å². The molecule has 0 amide bonds. The standard InChI is InChI=1S/C19H30O/c1-12(2)16-6-8-17(9-7-16)19(20)18-11-14(4)13(3)10-15(18)5/h10-12,16-17,19-20H,6-9H2,1-5H3. The Bertz CT molecular complexity index is 453. The summed E-state index contributed by atoms with van der Waals surface area (Å²) in [6.07, 6.45) is 4.64. The van der Waals surface area contributed by atoms with Crippen LogP contribution >= 0.6 is 0 Å². The average Bonchev–Trinajstić information content (AvgIpc) is 2.42. The summed E-state index contributed by atoms with van der Waals surface area (Å²) in [5.41, 5.74) is 5.01. The molecule has 1 fully saturated rings. The molecular weight excluding hydrogens is 244 g/mol. The molecule has 1 aromatic carbocycles. The zero-order chi connectivity index (χ0) is 14.9. The van der Waals surface area contributed by atoms with Crippen LogP contribution in [0.5, 0.6) is 0 Å². The van der Waals surface area contributed by atoms with E-state index in [1.807, 2.05) is 0 Å². The van der Waals surface area contributed by atoms with Crippen LogP contribution in [0.15, 0.2) is 12.1 Å². The first-order valence-corrected chi connectivity index (χ1v) is 8.16.